The number of nitrogens with one attached hydrogen (secondary N) is 2. The molecule has 8 heteroatoms. The number of hydrogen-bond donors (Lipinski definition) is 2. The first-order valence-corrected chi connectivity index (χ1v) is 9.34. The first-order valence-electron chi connectivity index (χ1n) is 9.34. The van der Waals surface area contributed by atoms with E-state index in [9.17, 15) is 19.7 Å². The maximum Gasteiger partial charge on any atom is 0.314 e. The Bertz CT molecular complexity index is 1080. The fraction of sp³-hybridized carbons (Fsp3) is 0.474. The monoisotopic (exact) mass is 370 g/mol. The zero-order valence-corrected chi connectivity index (χ0v) is 15.3. The van der Waals surface area contributed by atoms with E-state index in [1.54, 1.807) is 6.92 Å². The van der Waals surface area contributed by atoms with Crippen LogP contribution in [0.1, 0.15) is 49.7 Å². The molecule has 1 aliphatic heterocycles. The predicted octanol–water partition coefficient (Wildman–Crippen LogP) is 2.86. The molecule has 1 aromatic heterocycles. The highest BCUT2D eigenvalue weighted by Crippen LogP contribution is 2.36. The van der Waals surface area contributed by atoms with Gasteiger partial charge in [-0.05, 0) is 45.4 Å². The van der Waals surface area contributed by atoms with Gasteiger partial charge >= 0.3 is 11.1 Å². The van der Waals surface area contributed by atoms with E-state index < -0.39 is 16.0 Å². The lowest BCUT2D eigenvalue weighted by atomic mass is 9.89. The van der Waals surface area contributed by atoms with Gasteiger partial charge in [0.25, 0.3) is 5.69 Å². The van der Waals surface area contributed by atoms with Gasteiger partial charge in [-0.2, -0.15) is 0 Å². The zero-order valence-electron chi connectivity index (χ0n) is 15.3. The molecule has 2 heterocycles. The minimum Gasteiger partial charge on any atom is -0.370 e. The minimum absolute atomic E-state index is 0.0462. The molecule has 0 fully saturated rings. The van der Waals surface area contributed by atoms with Crippen LogP contribution in [0.4, 0.5) is 5.69 Å². The number of aromatic amines is 2. The molecule has 0 bridgehead atoms. The van der Waals surface area contributed by atoms with E-state index >= 15 is 0 Å². The van der Waals surface area contributed by atoms with E-state index in [0.29, 0.717) is 28.7 Å². The molecular weight excluding hydrogens is 348 g/mol. The molecule has 0 amide bonds. The second-order valence-electron chi connectivity index (χ2n) is 7.37. The van der Waals surface area contributed by atoms with Crippen LogP contribution >= 0.6 is 0 Å². The van der Waals surface area contributed by atoms with Crippen molar-refractivity contribution in [3.63, 3.8) is 0 Å². The lowest BCUT2D eigenvalue weighted by Gasteiger charge is -2.37. The topological polar surface area (TPSA) is 112 Å². The maximum atomic E-state index is 11.9. The van der Waals surface area contributed by atoms with Crippen LogP contribution in [0.2, 0.25) is 0 Å². The number of aromatic nitrogens is 2. The number of nitrogens with zero attached hydrogens (tertiary/aromatic N) is 2. The molecule has 2 aromatic rings. The Morgan fingerprint density at radius 3 is 2.59 bits per heavy atom. The first-order chi connectivity index (χ1) is 13.0. The van der Waals surface area contributed by atoms with E-state index in [1.165, 1.54) is 23.8 Å². The Balaban J connectivity index is 1.88. The van der Waals surface area contributed by atoms with Crippen molar-refractivity contribution >= 4 is 16.7 Å². The van der Waals surface area contributed by atoms with E-state index in [-0.39, 0.29) is 5.69 Å². The molecule has 142 valence electrons. The van der Waals surface area contributed by atoms with Gasteiger partial charge in [-0.25, -0.2) is 0 Å². The van der Waals surface area contributed by atoms with Crippen molar-refractivity contribution in [2.24, 2.45) is 0 Å². The van der Waals surface area contributed by atoms with Gasteiger partial charge in [0.05, 0.1) is 16.0 Å². The number of H-pyrrole nitrogens is 2. The summed E-state index contributed by atoms with van der Waals surface area (Å²) in [5.41, 5.74) is 3.27. The smallest absolute Gasteiger partial charge is 0.314 e. The Kier molecular flexibility index (Phi) is 4.33. The van der Waals surface area contributed by atoms with Gasteiger partial charge in [0.15, 0.2) is 0 Å². The van der Waals surface area contributed by atoms with Crippen LogP contribution in [-0.4, -0.2) is 26.3 Å². The first kappa shape index (κ1) is 17.5. The molecule has 0 unspecified atom stereocenters. The van der Waals surface area contributed by atoms with Crippen LogP contribution in [0.3, 0.4) is 0 Å². The molecule has 0 atom stereocenters. The fourth-order valence-electron chi connectivity index (χ4n) is 4.39. The largest absolute Gasteiger partial charge is 0.370 e. The van der Waals surface area contributed by atoms with Gasteiger partial charge in [-0.1, -0.05) is 5.57 Å². The number of nitro benzene ring substituents is 1. The molecule has 1 aromatic carbocycles. The highest BCUT2D eigenvalue weighted by molar-refractivity contribution is 5.82. The van der Waals surface area contributed by atoms with Crippen LogP contribution in [0.15, 0.2) is 26.9 Å². The number of nitro groups is 1. The van der Waals surface area contributed by atoms with Crippen molar-refractivity contribution in [1.82, 2.24) is 14.9 Å². The molecule has 0 saturated carbocycles. The second kappa shape index (κ2) is 6.68. The summed E-state index contributed by atoms with van der Waals surface area (Å²) in [7, 11) is 0. The third-order valence-electron chi connectivity index (χ3n) is 5.77. The number of hydrogen-bond acceptors (Lipinski definition) is 5. The highest BCUT2D eigenvalue weighted by atomic mass is 16.6. The Labute approximate surface area is 155 Å². The third-order valence-corrected chi connectivity index (χ3v) is 5.77. The second-order valence-corrected chi connectivity index (χ2v) is 7.37. The van der Waals surface area contributed by atoms with Crippen molar-refractivity contribution in [2.45, 2.75) is 52.0 Å². The molecule has 8 nitrogen and oxygen atoms in total. The summed E-state index contributed by atoms with van der Waals surface area (Å²) in [6.45, 7) is 3.09. The van der Waals surface area contributed by atoms with Gasteiger partial charge in [-0.3, -0.25) is 19.7 Å². The molecule has 0 saturated heterocycles. The van der Waals surface area contributed by atoms with Gasteiger partial charge in [0.2, 0.25) is 0 Å². The molecule has 1 aliphatic carbocycles. The van der Waals surface area contributed by atoms with Crippen LogP contribution in [0, 0.1) is 17.0 Å². The number of rotatable bonds is 3. The quantitative estimate of drug-likeness (QED) is 0.490. The molecular formula is C19H22N4O4. The standard InChI is InChI=1S/C19H22N4O4/c1-11-13(10-22-8-4-6-12-5-2-3-7-15(12)22)17-14(9-16(11)23(26)27)20-18(24)19(25)21-17/h9H,2-8,10H2,1H3,(H,20,24)(H,21,25). The maximum absolute atomic E-state index is 11.9. The summed E-state index contributed by atoms with van der Waals surface area (Å²) in [5.74, 6) is 0. The predicted molar refractivity (Wildman–Crippen MR) is 102 cm³/mol. The van der Waals surface area contributed by atoms with Crippen molar-refractivity contribution in [3.8, 4) is 0 Å². The van der Waals surface area contributed by atoms with Gasteiger partial charge in [0.1, 0.15) is 0 Å². The number of fused-ring (bicyclic) bond motifs is 1. The molecule has 27 heavy (non-hydrogen) atoms. The van der Waals surface area contributed by atoms with Crippen LogP contribution in [0.25, 0.3) is 11.0 Å². The highest BCUT2D eigenvalue weighted by Gasteiger charge is 2.26. The van der Waals surface area contributed by atoms with Gasteiger partial charge in [0, 0.05) is 36.0 Å². The molecule has 2 aliphatic rings. The summed E-state index contributed by atoms with van der Waals surface area (Å²) in [4.78, 5) is 42.1. The fourth-order valence-corrected chi connectivity index (χ4v) is 4.39. The summed E-state index contributed by atoms with van der Waals surface area (Å²) >= 11 is 0. The number of allylic oxidation sites excluding steroid dienone is 2. The third kappa shape index (κ3) is 3.05. The van der Waals surface area contributed by atoms with E-state index in [0.717, 1.165) is 38.6 Å². The summed E-state index contributed by atoms with van der Waals surface area (Å²) in [6, 6.07) is 1.33. The zero-order chi connectivity index (χ0) is 19.1. The summed E-state index contributed by atoms with van der Waals surface area (Å²) in [5, 5.41) is 11.5. The van der Waals surface area contributed by atoms with Crippen molar-refractivity contribution in [1.29, 1.82) is 0 Å². The van der Waals surface area contributed by atoms with E-state index in [2.05, 4.69) is 14.9 Å². The lowest BCUT2D eigenvalue weighted by molar-refractivity contribution is -0.385. The van der Waals surface area contributed by atoms with Crippen LogP contribution in [-0.2, 0) is 6.54 Å². The average molecular weight is 370 g/mol. The SMILES string of the molecule is Cc1c([N+](=O)[O-])cc2[nH]c(=O)c(=O)[nH]c2c1CN1CCCC2=C1CCCC2. The van der Waals surface area contributed by atoms with Gasteiger partial charge in [-0.15, -0.1) is 0 Å². The lowest BCUT2D eigenvalue weighted by Crippen LogP contribution is -2.32. The summed E-state index contributed by atoms with van der Waals surface area (Å²) in [6.07, 6.45) is 6.75. The van der Waals surface area contributed by atoms with E-state index in [4.69, 9.17) is 0 Å². The van der Waals surface area contributed by atoms with Crippen LogP contribution in [0.5, 0.6) is 0 Å². The van der Waals surface area contributed by atoms with Crippen molar-refractivity contribution in [2.75, 3.05) is 6.54 Å². The Morgan fingerprint density at radius 2 is 1.81 bits per heavy atom. The summed E-state index contributed by atoms with van der Waals surface area (Å²) < 4.78 is 0. The normalized spacial score (nSPS) is 17.3. The van der Waals surface area contributed by atoms with Gasteiger partial charge < -0.3 is 14.9 Å². The van der Waals surface area contributed by atoms with Crippen LogP contribution < -0.4 is 11.1 Å². The average Bonchev–Trinajstić information content (AvgIpc) is 2.65. The van der Waals surface area contributed by atoms with Crippen molar-refractivity contribution < 1.29 is 4.92 Å². The molecule has 4 rings (SSSR count). The molecule has 2 N–H and O–H groups in total. The van der Waals surface area contributed by atoms with Crippen molar-refractivity contribution in [3.05, 3.63) is 59.3 Å². The Hall–Kier alpha value is -2.90. The van der Waals surface area contributed by atoms with E-state index in [1.807, 2.05) is 0 Å². The Morgan fingerprint density at radius 1 is 1.11 bits per heavy atom. The minimum atomic E-state index is -0.804. The molecule has 0 radical (unpaired) electrons. The number of benzene rings is 1. The molecule has 0 spiro atoms.